The van der Waals surface area contributed by atoms with Crippen LogP contribution in [0.15, 0.2) is 90.0 Å². The van der Waals surface area contributed by atoms with Crippen molar-refractivity contribution in [3.8, 4) is 5.75 Å². The zero-order chi connectivity index (χ0) is 23.7. The molecule has 0 atom stereocenters. The summed E-state index contributed by atoms with van der Waals surface area (Å²) in [7, 11) is 0. The van der Waals surface area contributed by atoms with Crippen LogP contribution in [0.5, 0.6) is 5.75 Å². The van der Waals surface area contributed by atoms with Gasteiger partial charge in [-0.15, -0.1) is 0 Å². The standard InChI is InChI=1S/C26H17N3O5/c30-25-21-11-5-10-20-23(29(32)33)13-12-22(24(20)21)26(31)28(25)27-15-18-8-4-9-19(14-18)34-16-17-6-2-1-3-7-17/h1-15H,16H2. The number of benzene rings is 4. The molecule has 0 spiro atoms. The monoisotopic (exact) mass is 451 g/mol. The Balaban J connectivity index is 1.41. The fourth-order valence-electron chi connectivity index (χ4n) is 3.88. The molecule has 5 rings (SSSR count). The molecule has 0 saturated carbocycles. The average Bonchev–Trinajstić information content (AvgIpc) is 2.86. The van der Waals surface area contributed by atoms with Gasteiger partial charge in [-0.25, -0.2) is 0 Å². The number of hydrogen-bond donors (Lipinski definition) is 0. The van der Waals surface area contributed by atoms with Gasteiger partial charge in [-0.1, -0.05) is 48.5 Å². The minimum Gasteiger partial charge on any atom is -0.489 e. The molecule has 0 radical (unpaired) electrons. The fraction of sp³-hybridized carbons (Fsp3) is 0.0385. The van der Waals surface area contributed by atoms with Crippen molar-refractivity contribution >= 4 is 34.5 Å². The number of ether oxygens (including phenoxy) is 1. The highest BCUT2D eigenvalue weighted by molar-refractivity contribution is 6.26. The number of non-ortho nitro benzene ring substituents is 1. The van der Waals surface area contributed by atoms with Crippen LogP contribution in [0.3, 0.4) is 0 Å². The van der Waals surface area contributed by atoms with E-state index in [1.54, 1.807) is 30.3 Å². The van der Waals surface area contributed by atoms with Crippen LogP contribution in [-0.2, 0) is 6.61 Å². The summed E-state index contributed by atoms with van der Waals surface area (Å²) >= 11 is 0. The first kappa shape index (κ1) is 21.0. The van der Waals surface area contributed by atoms with Gasteiger partial charge in [0.25, 0.3) is 17.5 Å². The van der Waals surface area contributed by atoms with Gasteiger partial charge in [-0.05, 0) is 41.5 Å². The average molecular weight is 451 g/mol. The number of nitrogens with zero attached hydrogens (tertiary/aromatic N) is 3. The number of rotatable bonds is 6. The molecule has 0 N–H and O–H groups in total. The third-order valence-corrected chi connectivity index (χ3v) is 5.49. The number of nitro benzene ring substituents is 1. The summed E-state index contributed by atoms with van der Waals surface area (Å²) in [6.07, 6.45) is 1.40. The largest absolute Gasteiger partial charge is 0.489 e. The van der Waals surface area contributed by atoms with Crippen LogP contribution >= 0.6 is 0 Å². The Morgan fingerprint density at radius 1 is 0.882 bits per heavy atom. The first-order chi connectivity index (χ1) is 16.5. The maximum atomic E-state index is 13.0. The van der Waals surface area contributed by atoms with Crippen molar-refractivity contribution in [1.82, 2.24) is 5.01 Å². The van der Waals surface area contributed by atoms with E-state index < -0.39 is 16.7 Å². The van der Waals surface area contributed by atoms with Crippen LogP contribution in [0.25, 0.3) is 10.8 Å². The third-order valence-electron chi connectivity index (χ3n) is 5.49. The minimum atomic E-state index is -0.642. The highest BCUT2D eigenvalue weighted by atomic mass is 16.6. The Labute approximate surface area is 193 Å². The smallest absolute Gasteiger partial charge is 0.282 e. The molecule has 1 aliphatic rings. The van der Waals surface area contributed by atoms with E-state index in [0.29, 0.717) is 17.9 Å². The van der Waals surface area contributed by atoms with Gasteiger partial charge in [0.2, 0.25) is 0 Å². The van der Waals surface area contributed by atoms with Crippen molar-refractivity contribution < 1.29 is 19.2 Å². The molecule has 8 nitrogen and oxygen atoms in total. The molecule has 2 amide bonds. The maximum absolute atomic E-state index is 13.0. The van der Waals surface area contributed by atoms with Crippen molar-refractivity contribution in [2.24, 2.45) is 5.10 Å². The lowest BCUT2D eigenvalue weighted by atomic mass is 9.94. The summed E-state index contributed by atoms with van der Waals surface area (Å²) in [5.74, 6) is -0.667. The van der Waals surface area contributed by atoms with Gasteiger partial charge in [0, 0.05) is 11.5 Å². The second-order valence-electron chi connectivity index (χ2n) is 7.63. The van der Waals surface area contributed by atoms with Gasteiger partial charge < -0.3 is 4.74 Å². The topological polar surface area (TPSA) is 102 Å². The summed E-state index contributed by atoms with van der Waals surface area (Å²) in [4.78, 5) is 36.9. The number of amides is 2. The van der Waals surface area contributed by atoms with Gasteiger partial charge in [-0.3, -0.25) is 19.7 Å². The lowest BCUT2D eigenvalue weighted by Gasteiger charge is -2.23. The van der Waals surface area contributed by atoms with E-state index in [4.69, 9.17) is 4.74 Å². The lowest BCUT2D eigenvalue weighted by Crippen LogP contribution is -2.36. The van der Waals surface area contributed by atoms with Crippen molar-refractivity contribution in [3.05, 3.63) is 117 Å². The van der Waals surface area contributed by atoms with Crippen molar-refractivity contribution in [3.63, 3.8) is 0 Å². The summed E-state index contributed by atoms with van der Waals surface area (Å²) in [6.45, 7) is 0.400. The lowest BCUT2D eigenvalue weighted by molar-refractivity contribution is -0.383. The number of carbonyl (C=O) groups is 2. The Bertz CT molecular complexity index is 1460. The second kappa shape index (κ2) is 8.59. The first-order valence-corrected chi connectivity index (χ1v) is 10.4. The van der Waals surface area contributed by atoms with Crippen LogP contribution < -0.4 is 4.74 Å². The Kier molecular flexibility index (Phi) is 5.31. The molecule has 0 unspecified atom stereocenters. The van der Waals surface area contributed by atoms with Crippen LogP contribution in [0.4, 0.5) is 5.69 Å². The van der Waals surface area contributed by atoms with Gasteiger partial charge in [0.15, 0.2) is 0 Å². The SMILES string of the molecule is O=C1c2cccc3c([N+](=O)[O-])ccc(c23)C(=O)N1N=Cc1cccc(OCc2ccccc2)c1. The number of imide groups is 1. The molecule has 1 heterocycles. The quantitative estimate of drug-likeness (QED) is 0.178. The Hall–Kier alpha value is -4.85. The molecule has 0 bridgehead atoms. The molecule has 8 heteroatoms. The first-order valence-electron chi connectivity index (χ1n) is 10.4. The van der Waals surface area contributed by atoms with Gasteiger partial charge in [0.05, 0.1) is 27.7 Å². The molecule has 0 aliphatic carbocycles. The zero-order valence-electron chi connectivity index (χ0n) is 17.8. The molecule has 1 aliphatic heterocycles. The fourth-order valence-corrected chi connectivity index (χ4v) is 3.88. The second-order valence-corrected chi connectivity index (χ2v) is 7.63. The molecule has 0 fully saturated rings. The van der Waals surface area contributed by atoms with Crippen molar-refractivity contribution in [2.45, 2.75) is 6.61 Å². The van der Waals surface area contributed by atoms with E-state index in [0.717, 1.165) is 10.6 Å². The van der Waals surface area contributed by atoms with Crippen molar-refractivity contribution in [2.75, 3.05) is 0 Å². The molecule has 4 aromatic carbocycles. The summed E-state index contributed by atoms with van der Waals surface area (Å²) < 4.78 is 5.82. The van der Waals surface area contributed by atoms with Crippen LogP contribution in [0, 0.1) is 10.1 Å². The molecular formula is C26H17N3O5. The molecule has 4 aromatic rings. The van der Waals surface area contributed by atoms with E-state index in [2.05, 4.69) is 5.10 Å². The number of hydrazone groups is 1. The Morgan fingerprint density at radius 2 is 1.62 bits per heavy atom. The molecule has 34 heavy (non-hydrogen) atoms. The normalized spacial score (nSPS) is 13.0. The summed E-state index contributed by atoms with van der Waals surface area (Å²) in [6, 6.07) is 24.1. The molecular weight excluding hydrogens is 434 g/mol. The van der Waals surface area contributed by atoms with Crippen molar-refractivity contribution in [1.29, 1.82) is 0 Å². The predicted molar refractivity (Wildman–Crippen MR) is 126 cm³/mol. The van der Waals surface area contributed by atoms with E-state index >= 15 is 0 Å². The summed E-state index contributed by atoms with van der Waals surface area (Å²) in [5, 5.41) is 16.8. The maximum Gasteiger partial charge on any atom is 0.282 e. The van der Waals surface area contributed by atoms with Crippen LogP contribution in [-0.4, -0.2) is 28.0 Å². The number of carbonyl (C=O) groups excluding carboxylic acids is 2. The molecule has 0 saturated heterocycles. The minimum absolute atomic E-state index is 0.162. The molecule has 0 aromatic heterocycles. The van der Waals surface area contributed by atoms with E-state index in [-0.39, 0.29) is 27.6 Å². The van der Waals surface area contributed by atoms with E-state index in [1.807, 2.05) is 30.3 Å². The van der Waals surface area contributed by atoms with E-state index in [9.17, 15) is 19.7 Å². The van der Waals surface area contributed by atoms with Gasteiger partial charge in [-0.2, -0.15) is 10.1 Å². The highest BCUT2D eigenvalue weighted by Crippen LogP contribution is 2.35. The van der Waals surface area contributed by atoms with Crippen LogP contribution in [0.1, 0.15) is 31.8 Å². The zero-order valence-corrected chi connectivity index (χ0v) is 17.8. The van der Waals surface area contributed by atoms with Gasteiger partial charge >= 0.3 is 0 Å². The predicted octanol–water partition coefficient (Wildman–Crippen LogP) is 4.96. The van der Waals surface area contributed by atoms with Gasteiger partial charge in [0.1, 0.15) is 12.4 Å². The number of hydrogen-bond acceptors (Lipinski definition) is 6. The number of nitro groups is 1. The third kappa shape index (κ3) is 3.77. The summed E-state index contributed by atoms with van der Waals surface area (Å²) in [5.41, 5.74) is 1.88. The highest BCUT2D eigenvalue weighted by Gasteiger charge is 2.34. The molecule has 166 valence electrons. The Morgan fingerprint density at radius 3 is 2.38 bits per heavy atom. The van der Waals surface area contributed by atoms with E-state index in [1.165, 1.54) is 30.5 Å². The van der Waals surface area contributed by atoms with Crippen LogP contribution in [0.2, 0.25) is 0 Å².